The number of carbonyl (C=O) groups excluding carboxylic acids is 2. The zero-order chi connectivity index (χ0) is 18.3. The van der Waals surface area contributed by atoms with Crippen molar-refractivity contribution in [3.05, 3.63) is 29.8 Å². The van der Waals surface area contributed by atoms with Gasteiger partial charge in [0.1, 0.15) is 11.3 Å². The van der Waals surface area contributed by atoms with Crippen molar-refractivity contribution < 1.29 is 29.0 Å². The van der Waals surface area contributed by atoms with E-state index in [-0.39, 0.29) is 31.0 Å². The lowest BCUT2D eigenvalue weighted by Crippen LogP contribution is -2.57. The first-order valence-corrected chi connectivity index (χ1v) is 8.29. The van der Waals surface area contributed by atoms with E-state index < -0.39 is 11.5 Å². The Morgan fingerprint density at radius 1 is 1.28 bits per heavy atom. The van der Waals surface area contributed by atoms with Crippen LogP contribution >= 0.6 is 0 Å². The maximum Gasteiger partial charge on any atom is 0.329 e. The molecule has 0 aromatic heterocycles. The van der Waals surface area contributed by atoms with Gasteiger partial charge < -0.3 is 19.9 Å². The van der Waals surface area contributed by atoms with Crippen molar-refractivity contribution in [1.82, 2.24) is 5.32 Å². The summed E-state index contributed by atoms with van der Waals surface area (Å²) in [7, 11) is 0. The van der Waals surface area contributed by atoms with Crippen LogP contribution < -0.4 is 10.1 Å². The number of rotatable bonds is 8. The monoisotopic (exact) mass is 349 g/mol. The van der Waals surface area contributed by atoms with E-state index in [4.69, 9.17) is 9.47 Å². The average molecular weight is 349 g/mol. The Morgan fingerprint density at radius 3 is 2.64 bits per heavy atom. The predicted molar refractivity (Wildman–Crippen MR) is 89.7 cm³/mol. The summed E-state index contributed by atoms with van der Waals surface area (Å²) in [6.07, 6.45) is 1.15. The molecule has 2 N–H and O–H groups in total. The molecule has 136 valence electrons. The number of carboxylic acid groups (broad SMARTS) is 1. The van der Waals surface area contributed by atoms with Crippen LogP contribution in [0.1, 0.15) is 43.0 Å². The molecule has 0 atom stereocenters. The number of ether oxygens (including phenoxy) is 2. The molecule has 0 saturated carbocycles. The lowest BCUT2D eigenvalue weighted by molar-refractivity contribution is -0.152. The zero-order valence-corrected chi connectivity index (χ0v) is 14.2. The minimum Gasteiger partial charge on any atom is -0.494 e. The Labute approximate surface area is 146 Å². The van der Waals surface area contributed by atoms with Crippen molar-refractivity contribution in [2.24, 2.45) is 0 Å². The minimum atomic E-state index is -1.23. The lowest BCUT2D eigenvalue weighted by Gasteiger charge is -2.33. The Morgan fingerprint density at radius 2 is 2.00 bits per heavy atom. The standard InChI is InChI=1S/C18H23NO6/c1-13(20)14-4-2-5-15(12-14)25-9-3-6-16(21)19-18(17(22)23)7-10-24-11-8-18/h2,4-5,12H,3,6-11H2,1H3,(H,19,21)(H,22,23). The minimum absolute atomic E-state index is 0.0414. The quantitative estimate of drug-likeness (QED) is 0.548. The molecule has 0 aliphatic carbocycles. The SMILES string of the molecule is CC(=O)c1cccc(OCCCC(=O)NC2(C(=O)O)CCOCC2)c1. The molecule has 25 heavy (non-hydrogen) atoms. The van der Waals surface area contributed by atoms with Gasteiger partial charge in [-0.05, 0) is 25.5 Å². The molecule has 1 aromatic rings. The van der Waals surface area contributed by atoms with Gasteiger partial charge in [-0.1, -0.05) is 12.1 Å². The van der Waals surface area contributed by atoms with E-state index in [1.807, 2.05) is 0 Å². The van der Waals surface area contributed by atoms with Crippen LogP contribution in [0.3, 0.4) is 0 Å². The van der Waals surface area contributed by atoms with Crippen LogP contribution in [0.15, 0.2) is 24.3 Å². The van der Waals surface area contributed by atoms with Gasteiger partial charge in [0.15, 0.2) is 5.78 Å². The number of benzene rings is 1. The number of aliphatic carboxylic acids is 1. The summed E-state index contributed by atoms with van der Waals surface area (Å²) in [5.74, 6) is -0.813. The van der Waals surface area contributed by atoms with Crippen molar-refractivity contribution in [3.8, 4) is 5.75 Å². The second-order valence-electron chi connectivity index (χ2n) is 6.08. The molecule has 7 nitrogen and oxygen atoms in total. The highest BCUT2D eigenvalue weighted by Gasteiger charge is 2.41. The maximum atomic E-state index is 12.1. The van der Waals surface area contributed by atoms with Crippen molar-refractivity contribution in [1.29, 1.82) is 0 Å². The fraction of sp³-hybridized carbons (Fsp3) is 0.500. The summed E-state index contributed by atoms with van der Waals surface area (Å²) in [5, 5.41) is 12.0. The molecule has 0 bridgehead atoms. The molecule has 1 aliphatic rings. The highest BCUT2D eigenvalue weighted by atomic mass is 16.5. The number of carbonyl (C=O) groups is 3. The van der Waals surface area contributed by atoms with Crippen molar-refractivity contribution in [2.45, 2.75) is 38.1 Å². The Hall–Kier alpha value is -2.41. The molecule has 0 unspecified atom stereocenters. The first kappa shape index (κ1) is 18.9. The van der Waals surface area contributed by atoms with Crippen LogP contribution in [-0.4, -0.2) is 48.1 Å². The van der Waals surface area contributed by atoms with E-state index in [1.54, 1.807) is 24.3 Å². The first-order chi connectivity index (χ1) is 11.9. The first-order valence-electron chi connectivity index (χ1n) is 8.29. The van der Waals surface area contributed by atoms with E-state index in [0.29, 0.717) is 37.6 Å². The van der Waals surface area contributed by atoms with E-state index in [9.17, 15) is 19.5 Å². The van der Waals surface area contributed by atoms with Crippen molar-refractivity contribution in [3.63, 3.8) is 0 Å². The average Bonchev–Trinajstić information content (AvgIpc) is 2.59. The second-order valence-corrected chi connectivity index (χ2v) is 6.08. The van der Waals surface area contributed by atoms with Crippen molar-refractivity contribution >= 4 is 17.7 Å². The molecular weight excluding hydrogens is 326 g/mol. The third-order valence-electron chi connectivity index (χ3n) is 4.19. The third kappa shape index (κ3) is 5.29. The summed E-state index contributed by atoms with van der Waals surface area (Å²) in [5.41, 5.74) is -0.662. The Bertz CT molecular complexity index is 636. The number of Topliss-reactive ketones (excluding diaryl/α,β-unsaturated/α-hetero) is 1. The Kier molecular flexibility index (Phi) is 6.52. The smallest absolute Gasteiger partial charge is 0.329 e. The van der Waals surface area contributed by atoms with Crippen LogP contribution in [0.25, 0.3) is 0 Å². The number of hydrogen-bond donors (Lipinski definition) is 2. The molecule has 0 radical (unpaired) electrons. The molecule has 1 fully saturated rings. The molecule has 1 aliphatic heterocycles. The van der Waals surface area contributed by atoms with Crippen LogP contribution in [0, 0.1) is 0 Å². The number of amides is 1. The highest BCUT2D eigenvalue weighted by molar-refractivity contribution is 5.94. The molecule has 1 saturated heterocycles. The lowest BCUT2D eigenvalue weighted by atomic mass is 9.90. The van der Waals surface area contributed by atoms with E-state index in [2.05, 4.69) is 5.32 Å². The predicted octanol–water partition coefficient (Wildman–Crippen LogP) is 1.80. The molecule has 2 rings (SSSR count). The van der Waals surface area contributed by atoms with E-state index >= 15 is 0 Å². The second kappa shape index (κ2) is 8.62. The summed E-state index contributed by atoms with van der Waals surface area (Å²) in [6.45, 7) is 2.43. The van der Waals surface area contributed by atoms with Gasteiger partial charge in [0, 0.05) is 38.0 Å². The van der Waals surface area contributed by atoms with Gasteiger partial charge >= 0.3 is 5.97 Å². The van der Waals surface area contributed by atoms with Gasteiger partial charge in [0.25, 0.3) is 0 Å². The molecule has 1 heterocycles. The van der Waals surface area contributed by atoms with Gasteiger partial charge in [0.2, 0.25) is 5.91 Å². The van der Waals surface area contributed by atoms with Crippen LogP contribution in [0.5, 0.6) is 5.75 Å². The van der Waals surface area contributed by atoms with Gasteiger partial charge in [-0.3, -0.25) is 9.59 Å². The zero-order valence-electron chi connectivity index (χ0n) is 14.2. The van der Waals surface area contributed by atoms with E-state index in [0.717, 1.165) is 0 Å². The topological polar surface area (TPSA) is 102 Å². The van der Waals surface area contributed by atoms with Crippen LogP contribution in [0.2, 0.25) is 0 Å². The van der Waals surface area contributed by atoms with Gasteiger partial charge in [-0.25, -0.2) is 4.79 Å². The van der Waals surface area contributed by atoms with E-state index in [1.165, 1.54) is 6.92 Å². The number of carboxylic acids is 1. The highest BCUT2D eigenvalue weighted by Crippen LogP contribution is 2.21. The fourth-order valence-electron chi connectivity index (χ4n) is 2.67. The van der Waals surface area contributed by atoms with Gasteiger partial charge in [-0.15, -0.1) is 0 Å². The van der Waals surface area contributed by atoms with Gasteiger partial charge in [0.05, 0.1) is 6.61 Å². The molecular formula is C18H23NO6. The Balaban J connectivity index is 1.77. The molecule has 0 spiro atoms. The number of ketones is 1. The number of hydrogen-bond acceptors (Lipinski definition) is 5. The molecule has 1 aromatic carbocycles. The maximum absolute atomic E-state index is 12.1. The summed E-state index contributed by atoms with van der Waals surface area (Å²) >= 11 is 0. The molecule has 1 amide bonds. The van der Waals surface area contributed by atoms with Crippen LogP contribution in [-0.2, 0) is 14.3 Å². The normalized spacial score (nSPS) is 16.0. The fourth-order valence-corrected chi connectivity index (χ4v) is 2.67. The molecule has 7 heteroatoms. The van der Waals surface area contributed by atoms with Crippen molar-refractivity contribution in [2.75, 3.05) is 19.8 Å². The van der Waals surface area contributed by atoms with Gasteiger partial charge in [-0.2, -0.15) is 0 Å². The summed E-state index contributed by atoms with van der Waals surface area (Å²) in [6, 6.07) is 6.85. The van der Waals surface area contributed by atoms with Crippen LogP contribution in [0.4, 0.5) is 0 Å². The summed E-state index contributed by atoms with van der Waals surface area (Å²) < 4.78 is 10.7. The largest absolute Gasteiger partial charge is 0.494 e. The third-order valence-corrected chi connectivity index (χ3v) is 4.19. The number of nitrogens with one attached hydrogen (secondary N) is 1. The summed E-state index contributed by atoms with van der Waals surface area (Å²) in [4.78, 5) is 34.9.